The Morgan fingerprint density at radius 1 is 1.04 bits per heavy atom. The molecule has 7 heteroatoms. The molecule has 1 heterocycles. The van der Waals surface area contributed by atoms with Crippen molar-refractivity contribution < 1.29 is 24.3 Å². The van der Waals surface area contributed by atoms with Gasteiger partial charge in [0.1, 0.15) is 0 Å². The van der Waals surface area contributed by atoms with Gasteiger partial charge in [0.2, 0.25) is 17.7 Å². The molecule has 2 atom stereocenters. The summed E-state index contributed by atoms with van der Waals surface area (Å²) in [4.78, 5) is 48.5. The molecule has 0 bridgehead atoms. The first-order valence-electron chi connectivity index (χ1n) is 8.54. The number of likely N-dealkylation sites (tertiary alicyclic amines) is 1. The summed E-state index contributed by atoms with van der Waals surface area (Å²) in [7, 11) is 0. The molecule has 26 heavy (non-hydrogen) atoms. The third-order valence-corrected chi connectivity index (χ3v) is 4.84. The highest BCUT2D eigenvalue weighted by molar-refractivity contribution is 6.05. The number of hydrogen-bond acceptors (Lipinski definition) is 5. The van der Waals surface area contributed by atoms with Crippen molar-refractivity contribution in [2.24, 2.45) is 11.8 Å². The molecular weight excluding hydrogens is 336 g/mol. The summed E-state index contributed by atoms with van der Waals surface area (Å²) in [5.41, 5.74) is 0.816. The number of imide groups is 1. The van der Waals surface area contributed by atoms with Crippen molar-refractivity contribution in [3.63, 3.8) is 0 Å². The van der Waals surface area contributed by atoms with Crippen LogP contribution in [0.3, 0.4) is 0 Å². The number of amides is 3. The fourth-order valence-electron chi connectivity index (χ4n) is 3.35. The van der Waals surface area contributed by atoms with E-state index in [0.29, 0.717) is 12.8 Å². The number of carbonyl (C=O) groups is 4. The summed E-state index contributed by atoms with van der Waals surface area (Å²) in [5.74, 6) is -2.46. The van der Waals surface area contributed by atoms with E-state index < -0.39 is 5.97 Å². The van der Waals surface area contributed by atoms with Crippen LogP contribution in [0.4, 0.5) is 0 Å². The number of rotatable bonds is 6. The second-order valence-electron chi connectivity index (χ2n) is 6.50. The minimum absolute atomic E-state index is 0.0431. The first-order valence-corrected chi connectivity index (χ1v) is 8.54. The highest BCUT2D eigenvalue weighted by Gasteiger charge is 2.46. The fourth-order valence-corrected chi connectivity index (χ4v) is 3.35. The van der Waals surface area contributed by atoms with Crippen molar-refractivity contribution in [3.05, 3.63) is 47.5 Å². The van der Waals surface area contributed by atoms with Gasteiger partial charge in [-0.05, 0) is 24.0 Å². The van der Waals surface area contributed by atoms with E-state index in [1.807, 2.05) is 12.2 Å². The Bertz CT molecular complexity index is 743. The first-order chi connectivity index (χ1) is 12.5. The van der Waals surface area contributed by atoms with E-state index in [1.54, 1.807) is 12.1 Å². The van der Waals surface area contributed by atoms with Gasteiger partial charge in [-0.25, -0.2) is 0 Å². The molecule has 1 aromatic rings. The number of benzene rings is 1. The minimum atomic E-state index is -1.25. The third-order valence-electron chi connectivity index (χ3n) is 4.84. The quantitative estimate of drug-likeness (QED) is 0.571. The average molecular weight is 355 g/mol. The Morgan fingerprint density at radius 2 is 1.62 bits per heavy atom. The lowest BCUT2D eigenvalue weighted by Crippen LogP contribution is -2.35. The van der Waals surface area contributed by atoms with Crippen LogP contribution in [0, 0.1) is 11.8 Å². The summed E-state index contributed by atoms with van der Waals surface area (Å²) in [6, 6.07) is 6.01. The molecule has 1 aromatic carbocycles. The molecule has 1 N–H and O–H groups in total. The van der Waals surface area contributed by atoms with Crippen molar-refractivity contribution in [1.29, 1.82) is 0 Å². The summed E-state index contributed by atoms with van der Waals surface area (Å²) in [5, 5.41) is 13.4. The molecule has 1 saturated heterocycles. The summed E-state index contributed by atoms with van der Waals surface area (Å²) in [6.45, 7) is 0.323. The smallest absolute Gasteiger partial charge is 0.233 e. The van der Waals surface area contributed by atoms with Crippen LogP contribution in [0.2, 0.25) is 0 Å². The Kier molecular flexibility index (Phi) is 5.16. The van der Waals surface area contributed by atoms with Crippen molar-refractivity contribution in [1.82, 2.24) is 10.2 Å². The van der Waals surface area contributed by atoms with Crippen LogP contribution in [0.15, 0.2) is 36.4 Å². The zero-order chi connectivity index (χ0) is 18.7. The van der Waals surface area contributed by atoms with Gasteiger partial charge in [-0.1, -0.05) is 36.4 Å². The number of hydrogen-bond donors (Lipinski definition) is 1. The van der Waals surface area contributed by atoms with Crippen molar-refractivity contribution in [2.75, 3.05) is 6.54 Å². The molecule has 0 unspecified atom stereocenters. The standard InChI is InChI=1S/C19H20N2O5/c22-16(20-11-12-5-7-13(8-6-12)19(25)26)9-10-21-17(23)14-3-1-2-4-15(14)18(21)24/h1-2,5-8,14-15H,3-4,9-11H2,(H,20,22)(H,25,26)/p-1/t14-,15+. The molecule has 1 fully saturated rings. The summed E-state index contributed by atoms with van der Waals surface area (Å²) >= 11 is 0. The van der Waals surface area contributed by atoms with Crippen LogP contribution >= 0.6 is 0 Å². The lowest BCUT2D eigenvalue weighted by atomic mass is 9.85. The largest absolute Gasteiger partial charge is 0.545 e. The van der Waals surface area contributed by atoms with Crippen LogP contribution in [0.25, 0.3) is 0 Å². The van der Waals surface area contributed by atoms with Crippen molar-refractivity contribution >= 4 is 23.7 Å². The minimum Gasteiger partial charge on any atom is -0.545 e. The van der Waals surface area contributed by atoms with E-state index >= 15 is 0 Å². The van der Waals surface area contributed by atoms with Crippen molar-refractivity contribution in [3.8, 4) is 0 Å². The van der Waals surface area contributed by atoms with E-state index in [2.05, 4.69) is 5.32 Å². The van der Waals surface area contributed by atoms with E-state index in [0.717, 1.165) is 5.56 Å². The zero-order valence-electron chi connectivity index (χ0n) is 14.1. The van der Waals surface area contributed by atoms with Gasteiger partial charge in [0.25, 0.3) is 0 Å². The van der Waals surface area contributed by atoms with Crippen LogP contribution in [0.1, 0.15) is 35.2 Å². The molecule has 2 aliphatic rings. The number of carboxylic acid groups (broad SMARTS) is 1. The second kappa shape index (κ2) is 7.51. The average Bonchev–Trinajstić information content (AvgIpc) is 2.89. The molecule has 0 radical (unpaired) electrons. The Hall–Kier alpha value is -2.96. The van der Waals surface area contributed by atoms with Gasteiger partial charge < -0.3 is 15.2 Å². The van der Waals surface area contributed by atoms with Gasteiger partial charge in [-0.15, -0.1) is 0 Å². The molecule has 7 nitrogen and oxygen atoms in total. The highest BCUT2D eigenvalue weighted by Crippen LogP contribution is 2.34. The zero-order valence-corrected chi connectivity index (χ0v) is 14.1. The number of carbonyl (C=O) groups excluding carboxylic acids is 4. The SMILES string of the molecule is O=C(CCN1C(=O)[C@H]2CC=CC[C@H]2C1=O)NCc1ccc(C(=O)[O-])cc1. The normalized spacial score (nSPS) is 21.6. The van der Waals surface area contributed by atoms with Crippen molar-refractivity contribution in [2.45, 2.75) is 25.8 Å². The van der Waals surface area contributed by atoms with Gasteiger partial charge >= 0.3 is 0 Å². The van der Waals surface area contributed by atoms with Crippen LogP contribution < -0.4 is 10.4 Å². The molecule has 1 aliphatic carbocycles. The topological polar surface area (TPSA) is 107 Å². The third kappa shape index (κ3) is 3.66. The maximum Gasteiger partial charge on any atom is 0.233 e. The predicted molar refractivity (Wildman–Crippen MR) is 89.3 cm³/mol. The predicted octanol–water partition coefficient (Wildman–Crippen LogP) is 0.00760. The van der Waals surface area contributed by atoms with E-state index in [4.69, 9.17) is 0 Å². The number of allylic oxidation sites excluding steroid dienone is 2. The van der Waals surface area contributed by atoms with Gasteiger partial charge in [-0.3, -0.25) is 19.3 Å². The van der Waals surface area contributed by atoms with Gasteiger partial charge in [-0.2, -0.15) is 0 Å². The molecule has 0 aromatic heterocycles. The second-order valence-corrected chi connectivity index (χ2v) is 6.50. The summed E-state index contributed by atoms with van der Waals surface area (Å²) in [6.07, 6.45) is 5.06. The Labute approximate surface area is 150 Å². The summed E-state index contributed by atoms with van der Waals surface area (Å²) < 4.78 is 0. The lowest BCUT2D eigenvalue weighted by Gasteiger charge is -2.14. The van der Waals surface area contributed by atoms with Crippen LogP contribution in [0.5, 0.6) is 0 Å². The molecule has 3 rings (SSSR count). The molecule has 1 aliphatic heterocycles. The van der Waals surface area contributed by atoms with Crippen LogP contribution in [-0.2, 0) is 20.9 Å². The van der Waals surface area contributed by atoms with Gasteiger partial charge in [0.05, 0.1) is 17.8 Å². The number of carboxylic acids is 1. The molecular formula is C19H19N2O5-. The number of nitrogens with one attached hydrogen (secondary N) is 1. The molecule has 3 amide bonds. The lowest BCUT2D eigenvalue weighted by molar-refractivity contribution is -0.255. The van der Waals surface area contributed by atoms with E-state index in [-0.39, 0.29) is 54.6 Å². The van der Waals surface area contributed by atoms with Gasteiger partial charge in [0.15, 0.2) is 0 Å². The van der Waals surface area contributed by atoms with E-state index in [1.165, 1.54) is 17.0 Å². The monoisotopic (exact) mass is 355 g/mol. The number of nitrogens with zero attached hydrogens (tertiary/aromatic N) is 1. The Balaban J connectivity index is 1.47. The molecule has 0 saturated carbocycles. The molecule has 136 valence electrons. The highest BCUT2D eigenvalue weighted by atomic mass is 16.4. The maximum atomic E-state index is 12.3. The first kappa shape index (κ1) is 17.8. The van der Waals surface area contributed by atoms with Gasteiger partial charge in [0, 0.05) is 19.5 Å². The number of fused-ring (bicyclic) bond motifs is 1. The fraction of sp³-hybridized carbons (Fsp3) is 0.368. The van der Waals surface area contributed by atoms with Crippen LogP contribution in [-0.4, -0.2) is 35.1 Å². The maximum absolute atomic E-state index is 12.3. The molecule has 0 spiro atoms. The van der Waals surface area contributed by atoms with E-state index in [9.17, 15) is 24.3 Å². The number of aromatic carboxylic acids is 1. The Morgan fingerprint density at radius 3 is 2.15 bits per heavy atom.